The second-order valence-electron chi connectivity index (χ2n) is 2.71. The number of phosphoric acid groups is 1. The number of nitrogens with zero attached hydrogens (tertiary/aromatic N) is 3. The van der Waals surface area contributed by atoms with Gasteiger partial charge in [-0.05, 0) is 12.1 Å². The Balaban J connectivity index is 0.000000221. The summed E-state index contributed by atoms with van der Waals surface area (Å²) in [6.45, 7) is 0. The second kappa shape index (κ2) is 4.88. The molecule has 0 saturated carbocycles. The van der Waals surface area contributed by atoms with Crippen molar-refractivity contribution in [1.82, 2.24) is 9.61 Å². The van der Waals surface area contributed by atoms with Gasteiger partial charge in [-0.25, -0.2) is 9.08 Å². The van der Waals surface area contributed by atoms with Crippen LogP contribution in [-0.2, 0) is 4.57 Å². The smallest absolute Gasteiger partial charge is 0.303 e. The number of aromatic nitrogens is 2. The molecule has 0 aliphatic heterocycles. The third kappa shape index (κ3) is 3.81. The van der Waals surface area contributed by atoms with E-state index in [-0.39, 0.29) is 0 Å². The Bertz CT molecular complexity index is 560. The number of nitriles is 1. The highest BCUT2D eigenvalue weighted by molar-refractivity contribution is 7.45. The van der Waals surface area contributed by atoms with Crippen molar-refractivity contribution in [3.63, 3.8) is 0 Å². The maximum atomic E-state index is 8.88. The summed E-state index contributed by atoms with van der Waals surface area (Å²) >= 11 is 0. The summed E-state index contributed by atoms with van der Waals surface area (Å²) in [6.07, 6.45) is 3.38. The van der Waals surface area contributed by atoms with E-state index >= 15 is 0 Å². The molecule has 0 saturated heterocycles. The molecule has 84 valence electrons. The van der Waals surface area contributed by atoms with Gasteiger partial charge >= 0.3 is 7.82 Å². The third-order valence-electron chi connectivity index (χ3n) is 1.55. The average molecular weight is 241 g/mol. The van der Waals surface area contributed by atoms with Gasteiger partial charge < -0.3 is 14.7 Å². The lowest BCUT2D eigenvalue weighted by atomic mass is 10.3. The zero-order valence-corrected chi connectivity index (χ0v) is 8.82. The molecule has 0 atom stereocenters. The van der Waals surface area contributed by atoms with Gasteiger partial charge in [-0.1, -0.05) is 6.07 Å². The van der Waals surface area contributed by atoms with E-state index in [1.54, 1.807) is 10.7 Å². The van der Waals surface area contributed by atoms with Crippen molar-refractivity contribution in [3.05, 3.63) is 36.2 Å². The van der Waals surface area contributed by atoms with Gasteiger partial charge in [-0.3, -0.25) is 0 Å². The molecule has 0 aliphatic rings. The van der Waals surface area contributed by atoms with Crippen LogP contribution in [0.25, 0.3) is 5.52 Å². The van der Waals surface area contributed by atoms with Crippen LogP contribution >= 0.6 is 7.82 Å². The summed E-state index contributed by atoms with van der Waals surface area (Å²) in [6, 6.07) is 7.70. The molecule has 2 rings (SSSR count). The lowest BCUT2D eigenvalue weighted by Gasteiger charge is -1.88. The van der Waals surface area contributed by atoms with Gasteiger partial charge in [-0.2, -0.15) is 10.4 Å². The van der Waals surface area contributed by atoms with E-state index in [2.05, 4.69) is 11.2 Å². The standard InChI is InChI=1S/C8H5N3.H3O4P/c9-5-7-6-10-11-4-2-1-3-8(7)11;1-5(2,3)4/h1-4,6H;(H3,1,2,3,4). The molecule has 2 aromatic heterocycles. The van der Waals surface area contributed by atoms with Crippen LogP contribution < -0.4 is 0 Å². The van der Waals surface area contributed by atoms with Crippen molar-refractivity contribution < 1.29 is 19.2 Å². The van der Waals surface area contributed by atoms with Gasteiger partial charge in [0.2, 0.25) is 0 Å². The number of hydrogen-bond donors (Lipinski definition) is 3. The van der Waals surface area contributed by atoms with Gasteiger partial charge in [0.25, 0.3) is 0 Å². The van der Waals surface area contributed by atoms with Crippen LogP contribution in [0.3, 0.4) is 0 Å². The largest absolute Gasteiger partial charge is 0.466 e. The topological polar surface area (TPSA) is 119 Å². The summed E-state index contributed by atoms with van der Waals surface area (Å²) in [5.41, 5.74) is 1.47. The minimum absolute atomic E-state index is 0.616. The van der Waals surface area contributed by atoms with Crippen LogP contribution in [0, 0.1) is 11.3 Å². The molecule has 0 aliphatic carbocycles. The number of pyridine rings is 1. The summed E-state index contributed by atoms with van der Waals surface area (Å²) in [5, 5.41) is 12.6. The van der Waals surface area contributed by atoms with Crippen molar-refractivity contribution in [3.8, 4) is 6.07 Å². The van der Waals surface area contributed by atoms with E-state index in [1.165, 1.54) is 0 Å². The van der Waals surface area contributed by atoms with Crippen LogP contribution in [0.1, 0.15) is 5.56 Å². The van der Waals surface area contributed by atoms with Gasteiger partial charge in [0.1, 0.15) is 6.07 Å². The Kier molecular flexibility index (Phi) is 3.77. The minimum atomic E-state index is -4.64. The highest BCUT2D eigenvalue weighted by Gasteiger charge is 2.00. The Morgan fingerprint density at radius 2 is 2.00 bits per heavy atom. The first-order valence-electron chi connectivity index (χ1n) is 4.02. The predicted octanol–water partition coefficient (Wildman–Crippen LogP) is 0.277. The molecule has 2 heterocycles. The Labute approximate surface area is 90.4 Å². The van der Waals surface area contributed by atoms with Crippen molar-refractivity contribution in [1.29, 1.82) is 5.26 Å². The van der Waals surface area contributed by atoms with Gasteiger partial charge in [-0.15, -0.1) is 0 Å². The van der Waals surface area contributed by atoms with Crippen LogP contribution in [0.5, 0.6) is 0 Å². The molecule has 2 aromatic rings. The number of rotatable bonds is 0. The molecule has 16 heavy (non-hydrogen) atoms. The molecule has 0 radical (unpaired) electrons. The molecule has 3 N–H and O–H groups in total. The van der Waals surface area contributed by atoms with Crippen LogP contribution in [-0.4, -0.2) is 24.3 Å². The quantitative estimate of drug-likeness (QED) is 0.570. The van der Waals surface area contributed by atoms with Crippen LogP contribution in [0.4, 0.5) is 0 Å². The first-order valence-corrected chi connectivity index (χ1v) is 5.59. The molecular formula is C8H8N3O4P. The van der Waals surface area contributed by atoms with Gasteiger partial charge in [0.15, 0.2) is 0 Å². The van der Waals surface area contributed by atoms with Crippen molar-refractivity contribution in [2.45, 2.75) is 0 Å². The summed E-state index contributed by atoms with van der Waals surface area (Å²) < 4.78 is 10.6. The predicted molar refractivity (Wildman–Crippen MR) is 54.2 cm³/mol. The third-order valence-corrected chi connectivity index (χ3v) is 1.55. The molecular weight excluding hydrogens is 233 g/mol. The maximum Gasteiger partial charge on any atom is 0.466 e. The van der Waals surface area contributed by atoms with E-state index in [0.717, 1.165) is 5.52 Å². The summed E-state index contributed by atoms with van der Waals surface area (Å²) in [4.78, 5) is 21.6. The highest BCUT2D eigenvalue weighted by Crippen LogP contribution is 2.25. The second-order valence-corrected chi connectivity index (χ2v) is 3.74. The van der Waals surface area contributed by atoms with Crippen molar-refractivity contribution >= 4 is 13.3 Å². The van der Waals surface area contributed by atoms with E-state index in [9.17, 15) is 0 Å². The highest BCUT2D eigenvalue weighted by atomic mass is 31.2. The lowest BCUT2D eigenvalue weighted by Crippen LogP contribution is -1.82. The molecule has 0 bridgehead atoms. The average Bonchev–Trinajstić information content (AvgIpc) is 2.58. The zero-order valence-electron chi connectivity index (χ0n) is 7.93. The normalized spacial score (nSPS) is 10.4. The minimum Gasteiger partial charge on any atom is -0.303 e. The Morgan fingerprint density at radius 1 is 1.38 bits per heavy atom. The van der Waals surface area contributed by atoms with Gasteiger partial charge in [0, 0.05) is 6.20 Å². The van der Waals surface area contributed by atoms with Crippen LogP contribution in [0.2, 0.25) is 0 Å². The SMILES string of the molecule is N#Cc1cnn2ccccc12.O=P(O)(O)O. The fourth-order valence-electron chi connectivity index (χ4n) is 1.02. The van der Waals surface area contributed by atoms with E-state index in [1.807, 2.05) is 24.4 Å². The van der Waals surface area contributed by atoms with Crippen LogP contribution in [0.15, 0.2) is 30.6 Å². The first kappa shape index (κ1) is 12.4. The zero-order chi connectivity index (χ0) is 12.2. The summed E-state index contributed by atoms with van der Waals surface area (Å²) in [5.74, 6) is 0. The van der Waals surface area contributed by atoms with E-state index in [4.69, 9.17) is 24.5 Å². The fourth-order valence-corrected chi connectivity index (χ4v) is 1.02. The monoisotopic (exact) mass is 241 g/mol. The number of hydrogen-bond acceptors (Lipinski definition) is 3. The fraction of sp³-hybridized carbons (Fsp3) is 0. The number of fused-ring (bicyclic) bond motifs is 1. The molecule has 0 fully saturated rings. The van der Waals surface area contributed by atoms with Crippen molar-refractivity contribution in [2.75, 3.05) is 0 Å². The first-order chi connectivity index (χ1) is 7.42. The molecule has 7 nitrogen and oxygen atoms in total. The van der Waals surface area contributed by atoms with Gasteiger partial charge in [0.05, 0.1) is 17.3 Å². The molecule has 0 spiro atoms. The Morgan fingerprint density at radius 3 is 2.56 bits per heavy atom. The molecule has 0 amide bonds. The lowest BCUT2D eigenvalue weighted by molar-refractivity contribution is 0.275. The van der Waals surface area contributed by atoms with Crippen molar-refractivity contribution in [2.24, 2.45) is 0 Å². The molecule has 0 aromatic carbocycles. The van der Waals surface area contributed by atoms with E-state index in [0.29, 0.717) is 5.56 Å². The van der Waals surface area contributed by atoms with E-state index < -0.39 is 7.82 Å². The maximum absolute atomic E-state index is 8.88. The summed E-state index contributed by atoms with van der Waals surface area (Å²) in [7, 11) is -4.64. The molecule has 8 heteroatoms. The molecule has 0 unspecified atom stereocenters. The Hall–Kier alpha value is -1.71.